The number of methoxy groups -OCH3 is 1. The van der Waals surface area contributed by atoms with Crippen LogP contribution in [0.5, 0.6) is 11.5 Å². The Hall–Kier alpha value is -2.14. The van der Waals surface area contributed by atoms with Gasteiger partial charge in [0.25, 0.3) is 0 Å². The summed E-state index contributed by atoms with van der Waals surface area (Å²) in [6.07, 6.45) is 0. The van der Waals surface area contributed by atoms with Crippen molar-refractivity contribution in [3.05, 3.63) is 54.1 Å². The molecule has 0 saturated carbocycles. The highest BCUT2D eigenvalue weighted by Gasteiger charge is 2.15. The molecule has 0 unspecified atom stereocenters. The van der Waals surface area contributed by atoms with Crippen LogP contribution in [0.3, 0.4) is 0 Å². The fourth-order valence-electron chi connectivity index (χ4n) is 1.81. The van der Waals surface area contributed by atoms with E-state index in [0.29, 0.717) is 12.4 Å². The van der Waals surface area contributed by atoms with E-state index >= 15 is 0 Å². The Morgan fingerprint density at radius 3 is 2.57 bits per heavy atom. The fourth-order valence-corrected chi connectivity index (χ4v) is 2.57. The topological polar surface area (TPSA) is 55.8 Å². The molecule has 0 spiro atoms. The van der Waals surface area contributed by atoms with Gasteiger partial charge in [-0.05, 0) is 24.3 Å². The van der Waals surface area contributed by atoms with Crippen LogP contribution in [-0.2, 0) is 0 Å². The molecule has 2 aromatic carbocycles. The SMILES string of the molecule is COc1cccc(C(=O)O)c1OCCSc1ccccc1. The molecular formula is C16H16O4S. The molecule has 0 bridgehead atoms. The highest BCUT2D eigenvalue weighted by Crippen LogP contribution is 2.31. The molecular weight excluding hydrogens is 288 g/mol. The third-order valence-corrected chi connectivity index (χ3v) is 3.75. The fraction of sp³-hybridized carbons (Fsp3) is 0.188. The van der Waals surface area contributed by atoms with Gasteiger partial charge in [0.15, 0.2) is 11.5 Å². The van der Waals surface area contributed by atoms with Crippen LogP contribution in [0.15, 0.2) is 53.4 Å². The second-order valence-corrected chi connectivity index (χ2v) is 5.32. The first-order valence-corrected chi connectivity index (χ1v) is 7.42. The number of carboxylic acids is 1. The summed E-state index contributed by atoms with van der Waals surface area (Å²) in [6, 6.07) is 14.8. The van der Waals surface area contributed by atoms with Gasteiger partial charge in [-0.15, -0.1) is 11.8 Å². The van der Waals surface area contributed by atoms with E-state index < -0.39 is 5.97 Å². The minimum absolute atomic E-state index is 0.110. The van der Waals surface area contributed by atoms with Crippen molar-refractivity contribution < 1.29 is 19.4 Å². The predicted octanol–water partition coefficient (Wildman–Crippen LogP) is 3.56. The Balaban J connectivity index is 1.98. The van der Waals surface area contributed by atoms with E-state index in [4.69, 9.17) is 9.47 Å². The highest BCUT2D eigenvalue weighted by atomic mass is 32.2. The van der Waals surface area contributed by atoms with Crippen molar-refractivity contribution in [2.75, 3.05) is 19.5 Å². The van der Waals surface area contributed by atoms with Gasteiger partial charge in [-0.2, -0.15) is 0 Å². The molecule has 0 aliphatic heterocycles. The van der Waals surface area contributed by atoms with E-state index in [-0.39, 0.29) is 11.3 Å². The van der Waals surface area contributed by atoms with Gasteiger partial charge in [0.05, 0.1) is 13.7 Å². The Morgan fingerprint density at radius 2 is 1.90 bits per heavy atom. The summed E-state index contributed by atoms with van der Waals surface area (Å²) in [6.45, 7) is 0.403. The van der Waals surface area contributed by atoms with Crippen LogP contribution in [0.2, 0.25) is 0 Å². The van der Waals surface area contributed by atoms with Crippen molar-refractivity contribution in [3.63, 3.8) is 0 Å². The minimum atomic E-state index is -1.03. The van der Waals surface area contributed by atoms with Crippen LogP contribution in [0.4, 0.5) is 0 Å². The Labute approximate surface area is 127 Å². The summed E-state index contributed by atoms with van der Waals surface area (Å²) in [5.74, 6) is 0.404. The van der Waals surface area contributed by atoms with Gasteiger partial charge in [0.1, 0.15) is 5.56 Å². The number of carbonyl (C=O) groups is 1. The maximum absolute atomic E-state index is 11.2. The molecule has 0 saturated heterocycles. The average molecular weight is 304 g/mol. The zero-order chi connectivity index (χ0) is 15.1. The van der Waals surface area contributed by atoms with Gasteiger partial charge >= 0.3 is 5.97 Å². The summed E-state index contributed by atoms with van der Waals surface area (Å²) in [7, 11) is 1.49. The van der Waals surface area contributed by atoms with Crippen molar-refractivity contribution in [1.29, 1.82) is 0 Å². The van der Waals surface area contributed by atoms with Crippen LogP contribution >= 0.6 is 11.8 Å². The lowest BCUT2D eigenvalue weighted by molar-refractivity contribution is 0.0691. The monoisotopic (exact) mass is 304 g/mol. The predicted molar refractivity (Wildman–Crippen MR) is 82.6 cm³/mol. The number of para-hydroxylation sites is 1. The van der Waals surface area contributed by atoms with Crippen molar-refractivity contribution in [3.8, 4) is 11.5 Å². The molecule has 110 valence electrons. The van der Waals surface area contributed by atoms with E-state index in [0.717, 1.165) is 10.6 Å². The number of thioether (sulfide) groups is 1. The lowest BCUT2D eigenvalue weighted by Crippen LogP contribution is -2.07. The van der Waals surface area contributed by atoms with Gasteiger partial charge in [-0.25, -0.2) is 4.79 Å². The second kappa shape index (κ2) is 7.59. The summed E-state index contributed by atoms with van der Waals surface area (Å²) in [5, 5.41) is 9.18. The highest BCUT2D eigenvalue weighted by molar-refractivity contribution is 7.99. The van der Waals surface area contributed by atoms with Gasteiger partial charge in [0, 0.05) is 10.6 Å². The molecule has 0 radical (unpaired) electrons. The molecule has 4 nitrogen and oxygen atoms in total. The normalized spacial score (nSPS) is 10.1. The molecule has 0 atom stereocenters. The number of carboxylic acid groups (broad SMARTS) is 1. The van der Waals surface area contributed by atoms with Crippen molar-refractivity contribution >= 4 is 17.7 Å². The Kier molecular flexibility index (Phi) is 5.51. The molecule has 2 aromatic rings. The van der Waals surface area contributed by atoms with Crippen molar-refractivity contribution in [2.45, 2.75) is 4.90 Å². The molecule has 0 aromatic heterocycles. The summed E-state index contributed by atoms with van der Waals surface area (Å²) >= 11 is 1.65. The lowest BCUT2D eigenvalue weighted by atomic mass is 10.2. The summed E-state index contributed by atoms with van der Waals surface area (Å²) in [5.41, 5.74) is 0.110. The molecule has 0 fully saturated rings. The third-order valence-electron chi connectivity index (χ3n) is 2.77. The lowest BCUT2D eigenvalue weighted by Gasteiger charge is -2.12. The van der Waals surface area contributed by atoms with Crippen LogP contribution in [-0.4, -0.2) is 30.5 Å². The molecule has 0 amide bonds. The standard InChI is InChI=1S/C16H16O4S/c1-19-14-9-5-8-13(16(17)18)15(14)20-10-11-21-12-6-3-2-4-7-12/h2-9H,10-11H2,1H3,(H,17,18). The second-order valence-electron chi connectivity index (χ2n) is 4.15. The van der Waals surface area contributed by atoms with E-state index in [1.165, 1.54) is 13.2 Å². The zero-order valence-electron chi connectivity index (χ0n) is 11.6. The van der Waals surface area contributed by atoms with E-state index in [1.807, 2.05) is 30.3 Å². The number of aromatic carboxylic acids is 1. The van der Waals surface area contributed by atoms with E-state index in [2.05, 4.69) is 0 Å². The molecule has 0 aliphatic rings. The first kappa shape index (κ1) is 15.3. The molecule has 0 aliphatic carbocycles. The quantitative estimate of drug-likeness (QED) is 0.626. The number of rotatable bonds is 7. The first-order chi connectivity index (χ1) is 10.2. The number of hydrogen-bond donors (Lipinski definition) is 1. The smallest absolute Gasteiger partial charge is 0.339 e. The van der Waals surface area contributed by atoms with Crippen molar-refractivity contribution in [2.24, 2.45) is 0 Å². The van der Waals surface area contributed by atoms with Gasteiger partial charge < -0.3 is 14.6 Å². The maximum Gasteiger partial charge on any atom is 0.339 e. The van der Waals surface area contributed by atoms with E-state index in [9.17, 15) is 9.90 Å². The van der Waals surface area contributed by atoms with Crippen molar-refractivity contribution in [1.82, 2.24) is 0 Å². The summed E-state index contributed by atoms with van der Waals surface area (Å²) in [4.78, 5) is 12.4. The molecule has 1 N–H and O–H groups in total. The Bertz CT molecular complexity index is 598. The third kappa shape index (κ3) is 4.16. The Morgan fingerprint density at radius 1 is 1.14 bits per heavy atom. The number of hydrogen-bond acceptors (Lipinski definition) is 4. The zero-order valence-corrected chi connectivity index (χ0v) is 12.4. The van der Waals surface area contributed by atoms with Gasteiger partial charge in [-0.3, -0.25) is 0 Å². The molecule has 2 rings (SSSR count). The summed E-state index contributed by atoms with van der Waals surface area (Å²) < 4.78 is 10.8. The van der Waals surface area contributed by atoms with E-state index in [1.54, 1.807) is 23.9 Å². The maximum atomic E-state index is 11.2. The molecule has 5 heteroatoms. The van der Waals surface area contributed by atoms with Crippen LogP contribution in [0.1, 0.15) is 10.4 Å². The minimum Gasteiger partial charge on any atom is -0.493 e. The van der Waals surface area contributed by atoms with Crippen LogP contribution in [0, 0.1) is 0 Å². The van der Waals surface area contributed by atoms with Gasteiger partial charge in [0.2, 0.25) is 0 Å². The molecule has 0 heterocycles. The van der Waals surface area contributed by atoms with Gasteiger partial charge in [-0.1, -0.05) is 24.3 Å². The molecule has 21 heavy (non-hydrogen) atoms. The number of benzene rings is 2. The first-order valence-electron chi connectivity index (χ1n) is 6.43. The average Bonchev–Trinajstić information content (AvgIpc) is 2.52. The number of ether oxygens (including phenoxy) is 2. The van der Waals surface area contributed by atoms with Crippen LogP contribution < -0.4 is 9.47 Å². The van der Waals surface area contributed by atoms with Crippen LogP contribution in [0.25, 0.3) is 0 Å². The largest absolute Gasteiger partial charge is 0.493 e.